The average Bonchev–Trinajstić information content (AvgIpc) is 2.28. The largest absolute Gasteiger partial charge is 0.495 e. The topological polar surface area (TPSA) is 24.5 Å². The van der Waals surface area contributed by atoms with E-state index in [1.54, 1.807) is 7.11 Å². The van der Waals surface area contributed by atoms with E-state index in [1.807, 2.05) is 19.1 Å². The molecule has 4 heteroatoms. The molecule has 17 heavy (non-hydrogen) atoms. The predicted octanol–water partition coefficient (Wildman–Crippen LogP) is 3.02. The molecule has 0 spiro atoms. The Balaban J connectivity index is 2.60. The molecule has 0 aliphatic heterocycles. The van der Waals surface area contributed by atoms with E-state index >= 15 is 0 Å². The lowest BCUT2D eigenvalue weighted by Gasteiger charge is -2.14. The lowest BCUT2D eigenvalue weighted by atomic mass is 10.2. The highest BCUT2D eigenvalue weighted by molar-refractivity contribution is 6.31. The monoisotopic (exact) mass is 256 g/mol. The van der Waals surface area contributed by atoms with Crippen LogP contribution in [0.15, 0.2) is 12.1 Å². The molecule has 0 amide bonds. The SMILES string of the molecule is COc1cc(Cl)c(C)cc1NCCCN(C)C. The number of halogens is 1. The summed E-state index contributed by atoms with van der Waals surface area (Å²) in [4.78, 5) is 2.17. The number of aryl methyl sites for hydroxylation is 1. The van der Waals surface area contributed by atoms with Gasteiger partial charge in [0, 0.05) is 17.6 Å². The molecule has 0 bridgehead atoms. The van der Waals surface area contributed by atoms with Crippen LogP contribution in [-0.4, -0.2) is 39.2 Å². The van der Waals surface area contributed by atoms with Crippen LogP contribution in [0.2, 0.25) is 5.02 Å². The number of benzene rings is 1. The van der Waals surface area contributed by atoms with Gasteiger partial charge in [-0.3, -0.25) is 0 Å². The second-order valence-electron chi connectivity index (χ2n) is 4.39. The molecule has 1 aromatic rings. The second-order valence-corrected chi connectivity index (χ2v) is 4.79. The van der Waals surface area contributed by atoms with Gasteiger partial charge >= 0.3 is 0 Å². The molecule has 0 aliphatic carbocycles. The molecule has 3 nitrogen and oxygen atoms in total. The van der Waals surface area contributed by atoms with Gasteiger partial charge < -0.3 is 15.0 Å². The summed E-state index contributed by atoms with van der Waals surface area (Å²) in [6, 6.07) is 3.88. The number of nitrogens with zero attached hydrogens (tertiary/aromatic N) is 1. The third kappa shape index (κ3) is 4.44. The number of ether oxygens (including phenoxy) is 1. The van der Waals surface area contributed by atoms with Crippen molar-refractivity contribution in [3.63, 3.8) is 0 Å². The van der Waals surface area contributed by atoms with Gasteiger partial charge in [0.05, 0.1) is 12.8 Å². The van der Waals surface area contributed by atoms with Crippen molar-refractivity contribution >= 4 is 17.3 Å². The molecule has 0 saturated heterocycles. The Morgan fingerprint density at radius 1 is 1.35 bits per heavy atom. The summed E-state index contributed by atoms with van der Waals surface area (Å²) >= 11 is 6.05. The highest BCUT2D eigenvalue weighted by atomic mass is 35.5. The van der Waals surface area contributed by atoms with Crippen LogP contribution in [-0.2, 0) is 0 Å². The Bertz CT molecular complexity index is 367. The zero-order valence-corrected chi connectivity index (χ0v) is 11.8. The zero-order chi connectivity index (χ0) is 12.8. The summed E-state index contributed by atoms with van der Waals surface area (Å²) in [6.07, 6.45) is 1.10. The quantitative estimate of drug-likeness (QED) is 0.792. The third-order valence-corrected chi connectivity index (χ3v) is 2.99. The Morgan fingerprint density at radius 3 is 2.65 bits per heavy atom. The van der Waals surface area contributed by atoms with Crippen molar-refractivity contribution < 1.29 is 4.74 Å². The van der Waals surface area contributed by atoms with Crippen LogP contribution in [0.5, 0.6) is 5.75 Å². The van der Waals surface area contributed by atoms with Crippen molar-refractivity contribution in [2.75, 3.05) is 39.6 Å². The van der Waals surface area contributed by atoms with Gasteiger partial charge in [-0.1, -0.05) is 11.6 Å². The molecule has 0 fully saturated rings. The highest BCUT2D eigenvalue weighted by Gasteiger charge is 2.06. The minimum atomic E-state index is 0.737. The summed E-state index contributed by atoms with van der Waals surface area (Å²) in [5.41, 5.74) is 2.07. The van der Waals surface area contributed by atoms with Crippen LogP contribution in [0, 0.1) is 6.92 Å². The molecule has 0 aliphatic rings. The molecular weight excluding hydrogens is 236 g/mol. The molecule has 0 heterocycles. The van der Waals surface area contributed by atoms with Crippen molar-refractivity contribution in [3.05, 3.63) is 22.7 Å². The standard InChI is InChI=1S/C13H21ClN2O/c1-10-8-12(13(17-4)9-11(10)14)15-6-5-7-16(2)3/h8-9,15H,5-7H2,1-4H3. The fourth-order valence-electron chi connectivity index (χ4n) is 1.59. The van der Waals surface area contributed by atoms with E-state index in [1.165, 1.54) is 0 Å². The third-order valence-electron chi connectivity index (χ3n) is 2.58. The smallest absolute Gasteiger partial charge is 0.143 e. The zero-order valence-electron chi connectivity index (χ0n) is 11.0. The number of hydrogen-bond donors (Lipinski definition) is 1. The molecule has 1 N–H and O–H groups in total. The van der Waals surface area contributed by atoms with Gasteiger partial charge in [-0.15, -0.1) is 0 Å². The Kier molecular flexibility index (Phi) is 5.59. The van der Waals surface area contributed by atoms with Gasteiger partial charge in [-0.05, 0) is 45.6 Å². The molecule has 0 saturated carbocycles. The van der Waals surface area contributed by atoms with Crippen LogP contribution in [0.3, 0.4) is 0 Å². The highest BCUT2D eigenvalue weighted by Crippen LogP contribution is 2.30. The summed E-state index contributed by atoms with van der Waals surface area (Å²) in [5.74, 6) is 0.797. The lowest BCUT2D eigenvalue weighted by molar-refractivity contribution is 0.404. The summed E-state index contributed by atoms with van der Waals surface area (Å²) in [6.45, 7) is 3.99. The van der Waals surface area contributed by atoms with Gasteiger partial charge in [-0.25, -0.2) is 0 Å². The minimum Gasteiger partial charge on any atom is -0.495 e. The first kappa shape index (κ1) is 14.1. The summed E-state index contributed by atoms with van der Waals surface area (Å²) < 4.78 is 5.30. The van der Waals surface area contributed by atoms with Gasteiger partial charge in [-0.2, -0.15) is 0 Å². The van der Waals surface area contributed by atoms with E-state index < -0.39 is 0 Å². The normalized spacial score (nSPS) is 10.7. The van der Waals surface area contributed by atoms with E-state index in [9.17, 15) is 0 Å². The van der Waals surface area contributed by atoms with Gasteiger partial charge in [0.25, 0.3) is 0 Å². The van der Waals surface area contributed by atoms with Crippen molar-refractivity contribution in [1.29, 1.82) is 0 Å². The van der Waals surface area contributed by atoms with E-state index in [2.05, 4.69) is 24.3 Å². The molecule has 0 radical (unpaired) electrons. The maximum Gasteiger partial charge on any atom is 0.143 e. The minimum absolute atomic E-state index is 0.737. The summed E-state index contributed by atoms with van der Waals surface area (Å²) in [5, 5.41) is 4.11. The first-order valence-electron chi connectivity index (χ1n) is 5.77. The average molecular weight is 257 g/mol. The summed E-state index contributed by atoms with van der Waals surface area (Å²) in [7, 11) is 5.81. The number of hydrogen-bond acceptors (Lipinski definition) is 3. The molecule has 0 atom stereocenters. The molecule has 0 unspecified atom stereocenters. The fourth-order valence-corrected chi connectivity index (χ4v) is 1.74. The van der Waals surface area contributed by atoms with E-state index in [4.69, 9.17) is 16.3 Å². The van der Waals surface area contributed by atoms with Crippen LogP contribution < -0.4 is 10.1 Å². The van der Waals surface area contributed by atoms with Gasteiger partial charge in [0.2, 0.25) is 0 Å². The second kappa shape index (κ2) is 6.72. The first-order valence-corrected chi connectivity index (χ1v) is 6.15. The van der Waals surface area contributed by atoms with E-state index in [-0.39, 0.29) is 0 Å². The van der Waals surface area contributed by atoms with Crippen LogP contribution >= 0.6 is 11.6 Å². The Hall–Kier alpha value is -0.930. The Labute approximate surface area is 109 Å². The van der Waals surface area contributed by atoms with E-state index in [0.717, 1.165) is 41.5 Å². The van der Waals surface area contributed by atoms with Crippen molar-refractivity contribution in [1.82, 2.24) is 4.90 Å². The van der Waals surface area contributed by atoms with E-state index in [0.29, 0.717) is 0 Å². The van der Waals surface area contributed by atoms with Crippen LogP contribution in [0.25, 0.3) is 0 Å². The van der Waals surface area contributed by atoms with Gasteiger partial charge in [0.1, 0.15) is 5.75 Å². The maximum atomic E-state index is 6.05. The maximum absolute atomic E-state index is 6.05. The molecule has 96 valence electrons. The molecule has 1 rings (SSSR count). The van der Waals surface area contributed by atoms with Crippen LogP contribution in [0.1, 0.15) is 12.0 Å². The van der Waals surface area contributed by atoms with Crippen LogP contribution in [0.4, 0.5) is 5.69 Å². The fraction of sp³-hybridized carbons (Fsp3) is 0.538. The van der Waals surface area contributed by atoms with Crippen molar-refractivity contribution in [2.45, 2.75) is 13.3 Å². The lowest BCUT2D eigenvalue weighted by Crippen LogP contribution is -2.16. The van der Waals surface area contributed by atoms with Crippen molar-refractivity contribution in [3.8, 4) is 5.75 Å². The number of anilines is 1. The Morgan fingerprint density at radius 2 is 2.06 bits per heavy atom. The van der Waals surface area contributed by atoms with Crippen molar-refractivity contribution in [2.24, 2.45) is 0 Å². The molecular formula is C13H21ClN2O. The first-order chi connectivity index (χ1) is 8.04. The number of methoxy groups -OCH3 is 1. The molecule has 1 aromatic carbocycles. The number of rotatable bonds is 6. The molecule has 0 aromatic heterocycles. The predicted molar refractivity (Wildman–Crippen MR) is 74.4 cm³/mol. The number of nitrogens with one attached hydrogen (secondary N) is 1. The van der Waals surface area contributed by atoms with Gasteiger partial charge in [0.15, 0.2) is 0 Å².